The van der Waals surface area contributed by atoms with Crippen LogP contribution in [0.3, 0.4) is 0 Å². The van der Waals surface area contributed by atoms with E-state index < -0.39 is 53.1 Å². The molecule has 0 spiro atoms. The Morgan fingerprint density at radius 2 is 1.52 bits per heavy atom. The summed E-state index contributed by atoms with van der Waals surface area (Å²) in [5, 5.41) is 0. The average Bonchev–Trinajstić information content (AvgIpc) is 2.71. The van der Waals surface area contributed by atoms with Crippen molar-refractivity contribution in [2.24, 2.45) is 0 Å². The normalized spacial score (nSPS) is 20.4. The predicted molar refractivity (Wildman–Crippen MR) is 94.5 cm³/mol. The van der Waals surface area contributed by atoms with Gasteiger partial charge in [0, 0.05) is 17.0 Å². The van der Waals surface area contributed by atoms with Crippen LogP contribution >= 0.6 is 0 Å². The van der Waals surface area contributed by atoms with E-state index >= 15 is 0 Å². The highest BCUT2D eigenvalue weighted by molar-refractivity contribution is 5.63. The fourth-order valence-corrected chi connectivity index (χ4v) is 3.10. The third kappa shape index (κ3) is 4.80. The van der Waals surface area contributed by atoms with Crippen LogP contribution in [-0.2, 0) is 15.7 Å². The van der Waals surface area contributed by atoms with Crippen molar-refractivity contribution >= 4 is 5.83 Å². The lowest BCUT2D eigenvalue weighted by Gasteiger charge is -2.30. The summed E-state index contributed by atoms with van der Waals surface area (Å²) in [6, 6.07) is 4.03. The maximum atomic E-state index is 14.4. The molecule has 1 aliphatic heterocycles. The van der Waals surface area contributed by atoms with Crippen molar-refractivity contribution in [3.05, 3.63) is 88.5 Å². The number of hydrogen-bond donors (Lipinski definition) is 0. The number of benzene rings is 2. The fourth-order valence-electron chi connectivity index (χ4n) is 3.10. The summed E-state index contributed by atoms with van der Waals surface area (Å²) in [4.78, 5) is 0. The van der Waals surface area contributed by atoms with Gasteiger partial charge in [-0.15, -0.1) is 0 Å². The maximum Gasteiger partial charge on any atom is 0.422 e. The molecule has 1 saturated heterocycles. The van der Waals surface area contributed by atoms with Crippen molar-refractivity contribution in [1.82, 2.24) is 0 Å². The highest BCUT2D eigenvalue weighted by Gasteiger charge is 2.39. The first-order chi connectivity index (χ1) is 14.5. The molecule has 2 aromatic rings. The number of hydrogen-bond acceptors (Lipinski definition) is 2. The van der Waals surface area contributed by atoms with Crippen LogP contribution in [0.25, 0.3) is 5.83 Å². The third-order valence-electron chi connectivity index (χ3n) is 4.60. The van der Waals surface area contributed by atoms with Crippen molar-refractivity contribution in [2.75, 3.05) is 13.2 Å². The van der Waals surface area contributed by atoms with Crippen LogP contribution in [0.4, 0.5) is 35.1 Å². The van der Waals surface area contributed by atoms with E-state index in [0.717, 1.165) is 12.1 Å². The number of allylic oxidation sites excluding steroid dienone is 2. The SMILES string of the molecule is C=C/C(F)=C(\F)c1ccc(C2COC(c3cc(F)c(C(F)(F)F)c(F)c3)OC2)c(F)c1. The molecule has 166 valence electrons. The van der Waals surface area contributed by atoms with Crippen molar-refractivity contribution < 1.29 is 44.6 Å². The summed E-state index contributed by atoms with van der Waals surface area (Å²) in [5.41, 5.74) is -2.63. The standard InChI is InChI=1S/C21H14F8O2/c1-2-14(22)19(26)10-3-4-13(15(23)5-10)12-8-30-20(31-9-12)11-6-16(24)18(17(25)7-11)21(27,28)29/h2-7,12,20H,1,8-9H2/b19-14+. The average molecular weight is 450 g/mol. The Morgan fingerprint density at radius 1 is 0.935 bits per heavy atom. The van der Waals surface area contributed by atoms with E-state index in [0.29, 0.717) is 18.2 Å². The van der Waals surface area contributed by atoms with Crippen molar-refractivity contribution in [3.8, 4) is 0 Å². The van der Waals surface area contributed by atoms with Crippen LogP contribution in [0.15, 0.2) is 48.8 Å². The van der Waals surface area contributed by atoms with E-state index in [1.807, 2.05) is 0 Å². The molecule has 2 aromatic carbocycles. The first kappa shape index (κ1) is 23.0. The smallest absolute Gasteiger partial charge is 0.348 e. The van der Waals surface area contributed by atoms with Crippen LogP contribution < -0.4 is 0 Å². The van der Waals surface area contributed by atoms with Crippen LogP contribution in [0.5, 0.6) is 0 Å². The Hall–Kier alpha value is -2.72. The van der Waals surface area contributed by atoms with Crippen LogP contribution in [-0.4, -0.2) is 13.2 Å². The molecule has 10 heteroatoms. The largest absolute Gasteiger partial charge is 0.422 e. The summed E-state index contributed by atoms with van der Waals surface area (Å²) in [6.07, 6.45) is -5.94. The molecule has 0 aromatic heterocycles. The molecule has 0 radical (unpaired) electrons. The van der Waals surface area contributed by atoms with Crippen molar-refractivity contribution in [3.63, 3.8) is 0 Å². The molecule has 0 unspecified atom stereocenters. The van der Waals surface area contributed by atoms with Crippen LogP contribution in [0.2, 0.25) is 0 Å². The molecular formula is C21H14F8O2. The lowest BCUT2D eigenvalue weighted by Crippen LogP contribution is -2.26. The summed E-state index contributed by atoms with van der Waals surface area (Å²) in [5.74, 6) is -7.75. The second-order valence-electron chi connectivity index (χ2n) is 6.66. The monoisotopic (exact) mass is 450 g/mol. The topological polar surface area (TPSA) is 18.5 Å². The first-order valence-electron chi connectivity index (χ1n) is 8.79. The minimum atomic E-state index is -5.21. The molecule has 0 amide bonds. The Balaban J connectivity index is 1.75. The second-order valence-corrected chi connectivity index (χ2v) is 6.66. The van der Waals surface area contributed by atoms with E-state index in [1.165, 1.54) is 6.07 Å². The molecule has 0 atom stereocenters. The minimum absolute atomic E-state index is 0.0544. The Morgan fingerprint density at radius 3 is 2.00 bits per heavy atom. The minimum Gasteiger partial charge on any atom is -0.348 e. The highest BCUT2D eigenvalue weighted by Crippen LogP contribution is 2.37. The Bertz CT molecular complexity index is 998. The quantitative estimate of drug-likeness (QED) is 0.379. The third-order valence-corrected chi connectivity index (χ3v) is 4.60. The number of alkyl halides is 3. The number of rotatable bonds is 4. The molecule has 3 rings (SSSR count). The molecule has 0 N–H and O–H groups in total. The van der Waals surface area contributed by atoms with Gasteiger partial charge in [-0.2, -0.15) is 13.2 Å². The molecule has 1 aliphatic rings. The second kappa shape index (κ2) is 8.80. The number of halogens is 8. The fraction of sp³-hybridized carbons (Fsp3) is 0.238. The molecule has 31 heavy (non-hydrogen) atoms. The van der Waals surface area contributed by atoms with Gasteiger partial charge in [0.2, 0.25) is 0 Å². The zero-order valence-corrected chi connectivity index (χ0v) is 15.6. The van der Waals surface area contributed by atoms with E-state index in [4.69, 9.17) is 9.47 Å². The predicted octanol–water partition coefficient (Wildman–Crippen LogP) is 6.75. The summed E-state index contributed by atoms with van der Waals surface area (Å²) >= 11 is 0. The van der Waals surface area contributed by atoms with Crippen molar-refractivity contribution in [1.29, 1.82) is 0 Å². The molecular weight excluding hydrogens is 436 g/mol. The molecule has 1 fully saturated rings. The van der Waals surface area contributed by atoms with Crippen LogP contribution in [0.1, 0.15) is 34.5 Å². The molecule has 2 nitrogen and oxygen atoms in total. The summed E-state index contributed by atoms with van der Waals surface area (Å²) in [7, 11) is 0. The first-order valence-corrected chi connectivity index (χ1v) is 8.79. The van der Waals surface area contributed by atoms with Gasteiger partial charge in [0.25, 0.3) is 0 Å². The van der Waals surface area contributed by atoms with Gasteiger partial charge in [-0.25, -0.2) is 22.0 Å². The lowest BCUT2D eigenvalue weighted by molar-refractivity contribution is -0.192. The van der Waals surface area contributed by atoms with E-state index in [1.54, 1.807) is 0 Å². The molecule has 0 bridgehead atoms. The Labute approximate surface area is 171 Å². The van der Waals surface area contributed by atoms with E-state index in [-0.39, 0.29) is 29.9 Å². The van der Waals surface area contributed by atoms with Gasteiger partial charge in [0.1, 0.15) is 23.0 Å². The van der Waals surface area contributed by atoms with Gasteiger partial charge in [-0.1, -0.05) is 18.7 Å². The zero-order chi connectivity index (χ0) is 22.9. The van der Waals surface area contributed by atoms with Gasteiger partial charge < -0.3 is 9.47 Å². The van der Waals surface area contributed by atoms with Gasteiger partial charge in [0.05, 0.1) is 13.2 Å². The van der Waals surface area contributed by atoms with E-state index in [9.17, 15) is 35.1 Å². The maximum absolute atomic E-state index is 14.4. The van der Waals surface area contributed by atoms with Gasteiger partial charge in [-0.05, 0) is 29.8 Å². The molecule has 0 aliphatic carbocycles. The highest BCUT2D eigenvalue weighted by atomic mass is 19.4. The van der Waals surface area contributed by atoms with E-state index in [2.05, 4.69) is 6.58 Å². The van der Waals surface area contributed by atoms with Gasteiger partial charge >= 0.3 is 6.18 Å². The summed E-state index contributed by atoms with van der Waals surface area (Å²) < 4.78 is 118. The van der Waals surface area contributed by atoms with Gasteiger partial charge in [-0.3, -0.25) is 0 Å². The number of ether oxygens (including phenoxy) is 2. The molecule has 0 saturated carbocycles. The zero-order valence-electron chi connectivity index (χ0n) is 15.6. The van der Waals surface area contributed by atoms with Gasteiger partial charge in [0.15, 0.2) is 17.9 Å². The van der Waals surface area contributed by atoms with Crippen LogP contribution in [0, 0.1) is 17.5 Å². The Kier molecular flexibility index (Phi) is 6.51. The van der Waals surface area contributed by atoms with Crippen molar-refractivity contribution in [2.45, 2.75) is 18.4 Å². The lowest BCUT2D eigenvalue weighted by atomic mass is 9.97. The molecule has 1 heterocycles. The summed E-state index contributed by atoms with van der Waals surface area (Å²) in [6.45, 7) is 2.67.